The Morgan fingerprint density at radius 1 is 1.07 bits per heavy atom. The lowest BCUT2D eigenvalue weighted by Crippen LogP contribution is -2.02. The summed E-state index contributed by atoms with van der Waals surface area (Å²) >= 11 is 5.14. The quantitative estimate of drug-likeness (QED) is 0.312. The lowest BCUT2D eigenvalue weighted by Gasteiger charge is -2.14. The van der Waals surface area contributed by atoms with Crippen molar-refractivity contribution in [2.45, 2.75) is 17.5 Å². The fourth-order valence-electron chi connectivity index (χ4n) is 2.89. The van der Waals surface area contributed by atoms with Gasteiger partial charge in [0.15, 0.2) is 22.5 Å². The summed E-state index contributed by atoms with van der Waals surface area (Å²) in [6, 6.07) is 12.0. The highest BCUT2D eigenvalue weighted by Gasteiger charge is 2.19. The van der Waals surface area contributed by atoms with E-state index in [1.807, 2.05) is 34.9 Å². The van der Waals surface area contributed by atoms with Gasteiger partial charge in [0.2, 0.25) is 5.75 Å². The zero-order valence-electron chi connectivity index (χ0n) is 16.5. The molecule has 0 aliphatic heterocycles. The third kappa shape index (κ3) is 4.76. The van der Waals surface area contributed by atoms with E-state index in [2.05, 4.69) is 44.8 Å². The molecule has 8 heteroatoms. The predicted molar refractivity (Wildman–Crippen MR) is 119 cm³/mol. The summed E-state index contributed by atoms with van der Waals surface area (Å²) in [4.78, 5) is 0. The molecule has 0 saturated carbocycles. The summed E-state index contributed by atoms with van der Waals surface area (Å²) in [5.41, 5.74) is 2.02. The second kappa shape index (κ2) is 9.84. The summed E-state index contributed by atoms with van der Waals surface area (Å²) < 4.78 is 19.4. The van der Waals surface area contributed by atoms with Crippen molar-refractivity contribution in [2.24, 2.45) is 0 Å². The molecule has 0 aliphatic rings. The maximum Gasteiger partial charge on any atom is 0.203 e. The van der Waals surface area contributed by atoms with Crippen LogP contribution in [0.4, 0.5) is 0 Å². The molecular weight excluding hydrogens is 454 g/mol. The number of rotatable bonds is 9. The van der Waals surface area contributed by atoms with E-state index in [4.69, 9.17) is 14.2 Å². The number of hydrogen-bond acceptors (Lipinski definition) is 6. The monoisotopic (exact) mass is 475 g/mol. The molecular formula is C21H22BrN3O3S. The molecule has 29 heavy (non-hydrogen) atoms. The Bertz CT molecular complexity index is 982. The molecule has 0 bridgehead atoms. The molecule has 2 aromatic carbocycles. The zero-order valence-corrected chi connectivity index (χ0v) is 18.9. The minimum atomic E-state index is 0.540. The van der Waals surface area contributed by atoms with Crippen molar-refractivity contribution in [3.8, 4) is 28.6 Å². The van der Waals surface area contributed by atoms with E-state index in [1.54, 1.807) is 33.1 Å². The Morgan fingerprint density at radius 3 is 2.38 bits per heavy atom. The van der Waals surface area contributed by atoms with Crippen LogP contribution in [-0.2, 0) is 12.3 Å². The molecule has 0 fully saturated rings. The first-order valence-electron chi connectivity index (χ1n) is 8.83. The van der Waals surface area contributed by atoms with Crippen LogP contribution in [0.1, 0.15) is 5.56 Å². The Hall–Kier alpha value is -2.45. The van der Waals surface area contributed by atoms with Gasteiger partial charge in [-0.25, -0.2) is 0 Å². The summed E-state index contributed by atoms with van der Waals surface area (Å²) in [6.07, 6.45) is 1.83. The maximum atomic E-state index is 5.47. The number of thioether (sulfide) groups is 1. The third-order valence-corrected chi connectivity index (χ3v) is 5.74. The fraction of sp³-hybridized carbons (Fsp3) is 0.238. The van der Waals surface area contributed by atoms with Crippen molar-refractivity contribution in [3.63, 3.8) is 0 Å². The first-order chi connectivity index (χ1) is 14.1. The minimum absolute atomic E-state index is 0.540. The smallest absolute Gasteiger partial charge is 0.203 e. The molecule has 3 aromatic rings. The van der Waals surface area contributed by atoms with Crippen LogP contribution >= 0.6 is 27.7 Å². The van der Waals surface area contributed by atoms with Crippen molar-refractivity contribution in [1.29, 1.82) is 0 Å². The summed E-state index contributed by atoms with van der Waals surface area (Å²) in [5, 5.41) is 9.64. The van der Waals surface area contributed by atoms with Gasteiger partial charge in [0.25, 0.3) is 0 Å². The molecule has 1 heterocycles. The average molecular weight is 476 g/mol. The highest BCUT2D eigenvalue weighted by atomic mass is 79.9. The molecule has 6 nitrogen and oxygen atoms in total. The average Bonchev–Trinajstić information content (AvgIpc) is 3.14. The number of aromatic nitrogens is 3. The number of allylic oxidation sites excluding steroid dienone is 1. The van der Waals surface area contributed by atoms with Crippen molar-refractivity contribution >= 4 is 27.7 Å². The number of halogens is 1. The summed E-state index contributed by atoms with van der Waals surface area (Å²) in [7, 11) is 4.76. The highest BCUT2D eigenvalue weighted by molar-refractivity contribution is 9.10. The number of ether oxygens (including phenoxy) is 3. The van der Waals surface area contributed by atoms with Crippen LogP contribution in [0.3, 0.4) is 0 Å². The van der Waals surface area contributed by atoms with Crippen molar-refractivity contribution in [2.75, 3.05) is 21.3 Å². The molecule has 0 unspecified atom stereocenters. The number of nitrogens with zero attached hydrogens (tertiary/aromatic N) is 3. The summed E-state index contributed by atoms with van der Waals surface area (Å²) in [5.74, 6) is 3.17. The molecule has 0 radical (unpaired) electrons. The molecule has 1 aromatic heterocycles. The van der Waals surface area contributed by atoms with E-state index in [1.165, 1.54) is 5.56 Å². The Balaban J connectivity index is 1.97. The summed E-state index contributed by atoms with van der Waals surface area (Å²) in [6.45, 7) is 4.46. The van der Waals surface area contributed by atoms with Crippen LogP contribution in [0, 0.1) is 0 Å². The van der Waals surface area contributed by atoms with Crippen LogP contribution in [0.5, 0.6) is 17.2 Å². The van der Waals surface area contributed by atoms with E-state index in [0.29, 0.717) is 29.6 Å². The SMILES string of the molecule is C=CCn1c(SCc2cccc(Br)c2)nnc1-c1cc(OC)c(OC)c(OC)c1. The van der Waals surface area contributed by atoms with E-state index in [0.717, 1.165) is 20.9 Å². The van der Waals surface area contributed by atoms with Crippen molar-refractivity contribution in [1.82, 2.24) is 14.8 Å². The maximum absolute atomic E-state index is 5.47. The molecule has 0 N–H and O–H groups in total. The van der Waals surface area contributed by atoms with Crippen LogP contribution in [0.15, 0.2) is 58.7 Å². The highest BCUT2D eigenvalue weighted by Crippen LogP contribution is 2.41. The Kier molecular flexibility index (Phi) is 7.22. The first kappa shape index (κ1) is 21.3. The first-order valence-corrected chi connectivity index (χ1v) is 10.6. The second-order valence-electron chi connectivity index (χ2n) is 6.04. The predicted octanol–water partition coefficient (Wildman–Crippen LogP) is 5.21. The van der Waals surface area contributed by atoms with E-state index in [9.17, 15) is 0 Å². The van der Waals surface area contributed by atoms with Gasteiger partial charge in [-0.1, -0.05) is 45.9 Å². The standard InChI is InChI=1S/C21H22BrN3O3S/c1-5-9-25-20(15-11-17(26-2)19(28-4)18(12-15)27-3)23-24-21(25)29-13-14-7-6-8-16(22)10-14/h5-8,10-12H,1,9,13H2,2-4H3. The number of methoxy groups -OCH3 is 3. The van der Waals surface area contributed by atoms with E-state index >= 15 is 0 Å². The largest absolute Gasteiger partial charge is 0.493 e. The molecule has 152 valence electrons. The van der Waals surface area contributed by atoms with E-state index in [-0.39, 0.29) is 0 Å². The van der Waals surface area contributed by atoms with Gasteiger partial charge < -0.3 is 14.2 Å². The zero-order chi connectivity index (χ0) is 20.8. The van der Waals surface area contributed by atoms with Gasteiger partial charge in [0.1, 0.15) is 0 Å². The van der Waals surface area contributed by atoms with Gasteiger partial charge in [0, 0.05) is 22.3 Å². The lowest BCUT2D eigenvalue weighted by atomic mass is 10.1. The second-order valence-corrected chi connectivity index (χ2v) is 7.90. The third-order valence-electron chi connectivity index (χ3n) is 4.21. The number of benzene rings is 2. The topological polar surface area (TPSA) is 58.4 Å². The molecule has 0 aliphatic carbocycles. The van der Waals surface area contributed by atoms with Crippen LogP contribution in [-0.4, -0.2) is 36.1 Å². The van der Waals surface area contributed by atoms with Crippen molar-refractivity contribution in [3.05, 3.63) is 59.1 Å². The molecule has 0 amide bonds. The molecule has 0 saturated heterocycles. The normalized spacial score (nSPS) is 10.6. The van der Waals surface area contributed by atoms with Crippen molar-refractivity contribution < 1.29 is 14.2 Å². The number of hydrogen-bond donors (Lipinski definition) is 0. The van der Waals surface area contributed by atoms with Crippen LogP contribution in [0.25, 0.3) is 11.4 Å². The molecule has 0 spiro atoms. The molecule has 0 atom stereocenters. The van der Waals surface area contributed by atoms with E-state index < -0.39 is 0 Å². The lowest BCUT2D eigenvalue weighted by molar-refractivity contribution is 0.324. The minimum Gasteiger partial charge on any atom is -0.493 e. The Morgan fingerprint density at radius 2 is 1.79 bits per heavy atom. The molecule has 3 rings (SSSR count). The Labute approximate surface area is 183 Å². The van der Waals surface area contributed by atoms with Gasteiger partial charge >= 0.3 is 0 Å². The van der Waals surface area contributed by atoms with Gasteiger partial charge in [-0.2, -0.15) is 0 Å². The van der Waals surface area contributed by atoms with Gasteiger partial charge in [-0.3, -0.25) is 4.57 Å². The fourth-order valence-corrected chi connectivity index (χ4v) is 4.22. The van der Waals surface area contributed by atoms with Gasteiger partial charge in [-0.15, -0.1) is 16.8 Å². The van der Waals surface area contributed by atoms with Gasteiger partial charge in [-0.05, 0) is 29.8 Å². The van der Waals surface area contributed by atoms with Crippen LogP contribution in [0.2, 0.25) is 0 Å². The van der Waals surface area contributed by atoms with Crippen LogP contribution < -0.4 is 14.2 Å². The van der Waals surface area contributed by atoms with Gasteiger partial charge in [0.05, 0.1) is 21.3 Å².